The van der Waals surface area contributed by atoms with Gasteiger partial charge in [0.15, 0.2) is 0 Å². The molecule has 1 saturated heterocycles. The Morgan fingerprint density at radius 3 is 2.59 bits per heavy atom. The fourth-order valence-corrected chi connectivity index (χ4v) is 2.87. The summed E-state index contributed by atoms with van der Waals surface area (Å²) in [6.07, 6.45) is 5.19. The van der Waals surface area contributed by atoms with Gasteiger partial charge in [0.1, 0.15) is 11.6 Å². The third kappa shape index (κ3) is 2.69. The van der Waals surface area contributed by atoms with Crippen molar-refractivity contribution in [2.24, 2.45) is 0 Å². The van der Waals surface area contributed by atoms with E-state index in [9.17, 15) is 14.4 Å². The zero-order chi connectivity index (χ0) is 15.7. The molecule has 7 nitrogen and oxygen atoms in total. The molecule has 0 radical (unpaired) electrons. The number of carbonyl (C=O) groups excluding carboxylic acids is 1. The minimum absolute atomic E-state index is 0.00347. The number of hydrogen-bond acceptors (Lipinski definition) is 4. The van der Waals surface area contributed by atoms with E-state index in [4.69, 9.17) is 5.26 Å². The van der Waals surface area contributed by atoms with E-state index in [2.05, 4.69) is 0 Å². The predicted molar refractivity (Wildman–Crippen MR) is 78.4 cm³/mol. The summed E-state index contributed by atoms with van der Waals surface area (Å²) in [4.78, 5) is 37.8. The van der Waals surface area contributed by atoms with E-state index in [1.165, 1.54) is 10.8 Å². The van der Waals surface area contributed by atoms with Gasteiger partial charge in [-0.3, -0.25) is 18.7 Å². The largest absolute Gasteiger partial charge is 0.343 e. The minimum Gasteiger partial charge on any atom is -0.343 e. The maximum absolute atomic E-state index is 12.4. The van der Waals surface area contributed by atoms with Crippen LogP contribution in [0, 0.1) is 11.3 Å². The Bertz CT molecular complexity index is 752. The summed E-state index contributed by atoms with van der Waals surface area (Å²) in [5.41, 5.74) is -0.875. The monoisotopic (exact) mass is 302 g/mol. The molecule has 1 aliphatic carbocycles. The molecule has 0 unspecified atom stereocenters. The average molecular weight is 302 g/mol. The number of hydrogen-bond donors (Lipinski definition) is 0. The number of rotatable bonds is 5. The summed E-state index contributed by atoms with van der Waals surface area (Å²) in [5, 5.41) is 9.06. The number of likely N-dealkylation sites (tertiary alicyclic amines) is 1. The molecule has 0 atom stereocenters. The normalized spacial score (nSPS) is 17.8. The Balaban J connectivity index is 1.79. The molecule has 1 saturated carbocycles. The van der Waals surface area contributed by atoms with Crippen molar-refractivity contribution in [1.82, 2.24) is 14.0 Å². The van der Waals surface area contributed by atoms with E-state index in [-0.39, 0.29) is 29.7 Å². The van der Waals surface area contributed by atoms with Gasteiger partial charge >= 0.3 is 5.69 Å². The van der Waals surface area contributed by atoms with Gasteiger partial charge in [-0.2, -0.15) is 5.26 Å². The maximum Gasteiger partial charge on any atom is 0.331 e. The predicted octanol–water partition coefficient (Wildman–Crippen LogP) is 0.229. The molecule has 116 valence electrons. The molecular weight excluding hydrogens is 284 g/mol. The van der Waals surface area contributed by atoms with Crippen molar-refractivity contribution in [2.75, 3.05) is 13.1 Å². The fourth-order valence-electron chi connectivity index (χ4n) is 2.87. The molecule has 0 bridgehead atoms. The summed E-state index contributed by atoms with van der Waals surface area (Å²) in [6, 6.07) is 1.98. The topological polar surface area (TPSA) is 88.1 Å². The highest BCUT2D eigenvalue weighted by Crippen LogP contribution is 2.33. The molecule has 0 spiro atoms. The SMILES string of the molecule is N#Cc1cn(C2CC2)c(=O)n(CCCN2CCCC2=O)c1=O. The Kier molecular flexibility index (Phi) is 3.84. The number of amides is 1. The van der Waals surface area contributed by atoms with Crippen LogP contribution in [0.5, 0.6) is 0 Å². The van der Waals surface area contributed by atoms with Gasteiger partial charge in [0.05, 0.1) is 0 Å². The molecule has 1 aromatic heterocycles. The molecule has 2 aliphatic rings. The average Bonchev–Trinajstić information content (AvgIpc) is 3.26. The van der Waals surface area contributed by atoms with Crippen molar-refractivity contribution in [1.29, 1.82) is 5.26 Å². The maximum atomic E-state index is 12.4. The summed E-state index contributed by atoms with van der Waals surface area (Å²) in [6.45, 7) is 1.53. The van der Waals surface area contributed by atoms with Crippen molar-refractivity contribution < 1.29 is 4.79 Å². The molecule has 1 aliphatic heterocycles. The zero-order valence-electron chi connectivity index (χ0n) is 12.3. The van der Waals surface area contributed by atoms with Crippen LogP contribution in [0.2, 0.25) is 0 Å². The first kappa shape index (κ1) is 14.6. The van der Waals surface area contributed by atoms with Gasteiger partial charge in [-0.25, -0.2) is 4.79 Å². The molecule has 3 rings (SSSR count). The highest BCUT2D eigenvalue weighted by Gasteiger charge is 2.27. The summed E-state index contributed by atoms with van der Waals surface area (Å²) in [7, 11) is 0. The van der Waals surface area contributed by atoms with Crippen molar-refractivity contribution >= 4 is 5.91 Å². The minimum atomic E-state index is -0.530. The lowest BCUT2D eigenvalue weighted by atomic mass is 10.3. The third-order valence-electron chi connectivity index (χ3n) is 4.24. The van der Waals surface area contributed by atoms with Crippen LogP contribution in [0.4, 0.5) is 0 Å². The molecule has 0 N–H and O–H groups in total. The molecule has 7 heteroatoms. The van der Waals surface area contributed by atoms with Gasteiger partial charge < -0.3 is 4.90 Å². The molecule has 2 fully saturated rings. The summed E-state index contributed by atoms with van der Waals surface area (Å²) < 4.78 is 2.64. The molecule has 1 aromatic rings. The van der Waals surface area contributed by atoms with E-state index >= 15 is 0 Å². The Morgan fingerprint density at radius 1 is 1.23 bits per heavy atom. The van der Waals surface area contributed by atoms with Crippen LogP contribution in [-0.4, -0.2) is 33.0 Å². The van der Waals surface area contributed by atoms with Crippen LogP contribution in [0.25, 0.3) is 0 Å². The van der Waals surface area contributed by atoms with E-state index in [1.807, 2.05) is 6.07 Å². The summed E-state index contributed by atoms with van der Waals surface area (Å²) >= 11 is 0. The lowest BCUT2D eigenvalue weighted by Crippen LogP contribution is -2.41. The van der Waals surface area contributed by atoms with Gasteiger partial charge in [0.25, 0.3) is 5.56 Å². The van der Waals surface area contributed by atoms with Crippen LogP contribution in [0.15, 0.2) is 15.8 Å². The summed E-state index contributed by atoms with van der Waals surface area (Å²) in [5.74, 6) is 0.133. The number of nitriles is 1. The van der Waals surface area contributed by atoms with E-state index in [0.29, 0.717) is 19.4 Å². The Labute approximate surface area is 127 Å². The lowest BCUT2D eigenvalue weighted by molar-refractivity contribution is -0.127. The fraction of sp³-hybridized carbons (Fsp3) is 0.600. The number of nitrogens with zero attached hydrogens (tertiary/aromatic N) is 4. The standard InChI is InChI=1S/C15H18N4O3/c16-9-11-10-19(12-4-5-12)15(22)18(14(11)21)8-2-7-17-6-1-3-13(17)20/h10,12H,1-8H2. The highest BCUT2D eigenvalue weighted by molar-refractivity contribution is 5.77. The highest BCUT2D eigenvalue weighted by atomic mass is 16.2. The van der Waals surface area contributed by atoms with Gasteiger partial charge in [0.2, 0.25) is 5.91 Å². The molecular formula is C15H18N4O3. The smallest absolute Gasteiger partial charge is 0.331 e. The van der Waals surface area contributed by atoms with Crippen LogP contribution >= 0.6 is 0 Å². The van der Waals surface area contributed by atoms with Crippen LogP contribution in [0.1, 0.15) is 43.7 Å². The quantitative estimate of drug-likeness (QED) is 0.779. The van der Waals surface area contributed by atoms with Crippen LogP contribution < -0.4 is 11.2 Å². The molecule has 2 heterocycles. The van der Waals surface area contributed by atoms with Gasteiger partial charge in [-0.15, -0.1) is 0 Å². The second kappa shape index (κ2) is 5.79. The second-order valence-electron chi connectivity index (χ2n) is 5.87. The van der Waals surface area contributed by atoms with Crippen molar-refractivity contribution in [3.05, 3.63) is 32.6 Å². The van der Waals surface area contributed by atoms with E-state index in [1.54, 1.807) is 4.90 Å². The lowest BCUT2D eigenvalue weighted by Gasteiger charge is -2.16. The van der Waals surface area contributed by atoms with Gasteiger partial charge in [-0.05, 0) is 25.7 Å². The van der Waals surface area contributed by atoms with Crippen molar-refractivity contribution in [2.45, 2.75) is 44.7 Å². The first-order valence-corrected chi connectivity index (χ1v) is 7.65. The Morgan fingerprint density at radius 2 is 2.00 bits per heavy atom. The molecule has 22 heavy (non-hydrogen) atoms. The second-order valence-corrected chi connectivity index (χ2v) is 5.87. The van der Waals surface area contributed by atoms with Crippen LogP contribution in [0.3, 0.4) is 0 Å². The first-order valence-electron chi connectivity index (χ1n) is 7.65. The van der Waals surface area contributed by atoms with E-state index in [0.717, 1.165) is 30.4 Å². The van der Waals surface area contributed by atoms with Gasteiger partial charge in [0, 0.05) is 38.3 Å². The zero-order valence-corrected chi connectivity index (χ0v) is 12.3. The Hall–Kier alpha value is -2.36. The van der Waals surface area contributed by atoms with Gasteiger partial charge in [-0.1, -0.05) is 0 Å². The van der Waals surface area contributed by atoms with Crippen LogP contribution in [-0.2, 0) is 11.3 Å². The molecule has 0 aromatic carbocycles. The van der Waals surface area contributed by atoms with E-state index < -0.39 is 5.56 Å². The number of aromatic nitrogens is 2. The first-order chi connectivity index (χ1) is 10.6. The van der Waals surface area contributed by atoms with Crippen molar-refractivity contribution in [3.8, 4) is 6.07 Å². The third-order valence-corrected chi connectivity index (χ3v) is 4.24. The number of carbonyl (C=O) groups is 1. The molecule has 1 amide bonds. The van der Waals surface area contributed by atoms with Crippen molar-refractivity contribution in [3.63, 3.8) is 0 Å².